The molecule has 0 aromatic heterocycles. The van der Waals surface area contributed by atoms with Gasteiger partial charge in [0.2, 0.25) is 10.0 Å². The van der Waals surface area contributed by atoms with Gasteiger partial charge in [0.05, 0.1) is 4.90 Å². The van der Waals surface area contributed by atoms with Crippen molar-refractivity contribution >= 4 is 33.2 Å². The molecular weight excluding hydrogens is 414 g/mol. The molecule has 10 heteroatoms. The third kappa shape index (κ3) is 5.77. The lowest BCUT2D eigenvalue weighted by atomic mass is 10.1. The molecular formula is C16H14Cl2F3NO3S. The van der Waals surface area contributed by atoms with E-state index in [1.807, 2.05) is 0 Å². The number of sulfonamides is 1. The van der Waals surface area contributed by atoms with Crippen LogP contribution in [0.1, 0.15) is 12.5 Å². The average Bonchev–Trinajstić information content (AvgIpc) is 2.49. The highest BCUT2D eigenvalue weighted by Crippen LogP contribution is 2.26. The Labute approximate surface area is 158 Å². The second-order valence-electron chi connectivity index (χ2n) is 5.45. The molecule has 0 heterocycles. The molecule has 4 nitrogen and oxygen atoms in total. The molecule has 0 saturated carbocycles. The molecule has 2 aromatic carbocycles. The quantitative estimate of drug-likeness (QED) is 0.719. The van der Waals surface area contributed by atoms with Crippen LogP contribution in [-0.4, -0.2) is 20.8 Å². The van der Waals surface area contributed by atoms with Crippen LogP contribution in [0.25, 0.3) is 0 Å². The van der Waals surface area contributed by atoms with Crippen LogP contribution in [0.2, 0.25) is 10.0 Å². The van der Waals surface area contributed by atoms with E-state index in [1.165, 1.54) is 0 Å². The van der Waals surface area contributed by atoms with Gasteiger partial charge in [0, 0.05) is 16.1 Å². The van der Waals surface area contributed by atoms with E-state index in [2.05, 4.69) is 9.46 Å². The summed E-state index contributed by atoms with van der Waals surface area (Å²) in [6, 6.07) is 8.32. The van der Waals surface area contributed by atoms with Gasteiger partial charge in [-0.15, -0.1) is 13.2 Å². The lowest BCUT2D eigenvalue weighted by molar-refractivity contribution is -0.274. The van der Waals surface area contributed by atoms with E-state index in [0.29, 0.717) is 15.6 Å². The Balaban J connectivity index is 2.10. The van der Waals surface area contributed by atoms with Crippen LogP contribution in [0, 0.1) is 0 Å². The molecule has 0 aliphatic rings. The fourth-order valence-corrected chi connectivity index (χ4v) is 4.02. The monoisotopic (exact) mass is 427 g/mol. The predicted octanol–water partition coefficient (Wildman–Crippen LogP) is 4.80. The molecule has 1 N–H and O–H groups in total. The van der Waals surface area contributed by atoms with Gasteiger partial charge in [-0.1, -0.05) is 29.3 Å². The fourth-order valence-electron chi connectivity index (χ4n) is 2.23. The highest BCUT2D eigenvalue weighted by Gasteiger charge is 2.31. The predicted molar refractivity (Wildman–Crippen MR) is 93.1 cm³/mol. The summed E-state index contributed by atoms with van der Waals surface area (Å²) in [6.07, 6.45) is -4.60. The first kappa shape index (κ1) is 20.8. The minimum atomic E-state index is -4.85. The average molecular weight is 428 g/mol. The molecule has 0 radical (unpaired) electrons. The summed E-state index contributed by atoms with van der Waals surface area (Å²) in [5.74, 6) is -0.507. The van der Waals surface area contributed by atoms with Gasteiger partial charge in [-0.05, 0) is 55.3 Å². The van der Waals surface area contributed by atoms with Crippen molar-refractivity contribution in [2.75, 3.05) is 0 Å². The zero-order valence-corrected chi connectivity index (χ0v) is 15.7. The Morgan fingerprint density at radius 3 is 2.12 bits per heavy atom. The minimum Gasteiger partial charge on any atom is -0.406 e. The maximum absolute atomic E-state index is 12.4. The summed E-state index contributed by atoms with van der Waals surface area (Å²) in [5.41, 5.74) is 0.597. The lowest BCUT2D eigenvalue weighted by Gasteiger charge is -2.16. The highest BCUT2D eigenvalue weighted by molar-refractivity contribution is 7.89. The number of hydrogen-bond acceptors (Lipinski definition) is 3. The molecule has 2 aromatic rings. The van der Waals surface area contributed by atoms with Crippen molar-refractivity contribution in [2.45, 2.75) is 30.6 Å². The molecule has 0 aliphatic carbocycles. The normalized spacial score (nSPS) is 13.5. The number of benzene rings is 2. The Hall–Kier alpha value is -1.48. The van der Waals surface area contributed by atoms with E-state index in [4.69, 9.17) is 23.2 Å². The lowest BCUT2D eigenvalue weighted by Crippen LogP contribution is -2.34. The van der Waals surface area contributed by atoms with Crippen LogP contribution in [0.4, 0.5) is 13.2 Å². The van der Waals surface area contributed by atoms with E-state index < -0.39 is 28.2 Å². The Morgan fingerprint density at radius 1 is 1.08 bits per heavy atom. The highest BCUT2D eigenvalue weighted by atomic mass is 35.5. The smallest absolute Gasteiger partial charge is 0.406 e. The molecule has 142 valence electrons. The maximum Gasteiger partial charge on any atom is 0.573 e. The number of alkyl halides is 3. The van der Waals surface area contributed by atoms with Gasteiger partial charge in [0.1, 0.15) is 5.75 Å². The first-order chi connectivity index (χ1) is 12.0. The van der Waals surface area contributed by atoms with Crippen molar-refractivity contribution in [3.05, 3.63) is 58.1 Å². The second-order valence-corrected chi connectivity index (χ2v) is 7.97. The molecule has 0 fully saturated rings. The van der Waals surface area contributed by atoms with Crippen molar-refractivity contribution in [1.29, 1.82) is 0 Å². The van der Waals surface area contributed by atoms with Crippen LogP contribution in [0.5, 0.6) is 5.75 Å². The van der Waals surface area contributed by atoms with Crippen molar-refractivity contribution < 1.29 is 26.3 Å². The number of hydrogen-bond donors (Lipinski definition) is 1. The molecule has 0 amide bonds. The van der Waals surface area contributed by atoms with Crippen LogP contribution < -0.4 is 9.46 Å². The van der Waals surface area contributed by atoms with Gasteiger partial charge < -0.3 is 4.74 Å². The van der Waals surface area contributed by atoms with E-state index in [0.717, 1.165) is 24.3 Å². The van der Waals surface area contributed by atoms with Gasteiger partial charge in [0.15, 0.2) is 0 Å². The Kier molecular flexibility index (Phi) is 6.44. The zero-order chi connectivity index (χ0) is 19.5. The Morgan fingerprint density at radius 2 is 1.62 bits per heavy atom. The minimum absolute atomic E-state index is 0.191. The molecule has 0 spiro atoms. The number of ether oxygens (including phenoxy) is 1. The van der Waals surface area contributed by atoms with Crippen molar-refractivity contribution in [3.63, 3.8) is 0 Å². The Bertz CT molecular complexity index is 851. The van der Waals surface area contributed by atoms with Crippen molar-refractivity contribution in [3.8, 4) is 5.75 Å². The molecule has 2 rings (SSSR count). The summed E-state index contributed by atoms with van der Waals surface area (Å²) in [6.45, 7) is 1.62. The standard InChI is InChI=1S/C16H14Cl2F3NO3S/c1-10(9-13-14(17)3-2-4-15(13)18)22-26(23,24)12-7-5-11(6-8-12)25-16(19,20)21/h2-8,10,22H,9H2,1H3/t10-/m0/s1. The summed E-state index contributed by atoms with van der Waals surface area (Å²) in [7, 11) is -3.94. The van der Waals surface area contributed by atoms with Gasteiger partial charge in [0.25, 0.3) is 0 Å². The SMILES string of the molecule is C[C@@H](Cc1c(Cl)cccc1Cl)NS(=O)(=O)c1ccc(OC(F)(F)F)cc1. The van der Waals surface area contributed by atoms with Crippen LogP contribution in [0.15, 0.2) is 47.4 Å². The van der Waals surface area contributed by atoms with E-state index in [-0.39, 0.29) is 11.3 Å². The van der Waals surface area contributed by atoms with Gasteiger partial charge >= 0.3 is 6.36 Å². The summed E-state index contributed by atoms with van der Waals surface area (Å²) >= 11 is 12.1. The summed E-state index contributed by atoms with van der Waals surface area (Å²) in [4.78, 5) is -0.191. The molecule has 0 saturated heterocycles. The molecule has 1 atom stereocenters. The number of halogens is 5. The zero-order valence-electron chi connectivity index (χ0n) is 13.3. The molecule has 0 aliphatic heterocycles. The largest absolute Gasteiger partial charge is 0.573 e. The molecule has 0 bridgehead atoms. The van der Waals surface area contributed by atoms with Crippen molar-refractivity contribution in [1.82, 2.24) is 4.72 Å². The molecule has 26 heavy (non-hydrogen) atoms. The third-order valence-electron chi connectivity index (χ3n) is 3.30. The third-order valence-corrected chi connectivity index (χ3v) is 5.61. The summed E-state index contributed by atoms with van der Waals surface area (Å²) in [5, 5.41) is 0.828. The van der Waals surface area contributed by atoms with Crippen LogP contribution in [-0.2, 0) is 16.4 Å². The number of rotatable bonds is 6. The fraction of sp³-hybridized carbons (Fsp3) is 0.250. The summed E-state index contributed by atoms with van der Waals surface area (Å²) < 4.78 is 67.3. The van der Waals surface area contributed by atoms with Gasteiger partial charge in [-0.3, -0.25) is 0 Å². The number of nitrogens with one attached hydrogen (secondary N) is 1. The van der Waals surface area contributed by atoms with E-state index in [9.17, 15) is 21.6 Å². The molecule has 0 unspecified atom stereocenters. The van der Waals surface area contributed by atoms with Crippen molar-refractivity contribution in [2.24, 2.45) is 0 Å². The van der Waals surface area contributed by atoms with Gasteiger partial charge in [-0.2, -0.15) is 0 Å². The van der Waals surface area contributed by atoms with E-state index in [1.54, 1.807) is 25.1 Å². The van der Waals surface area contributed by atoms with Crippen LogP contribution >= 0.6 is 23.2 Å². The second kappa shape index (κ2) is 8.04. The topological polar surface area (TPSA) is 55.4 Å². The first-order valence-corrected chi connectivity index (χ1v) is 9.53. The van der Waals surface area contributed by atoms with Crippen LogP contribution in [0.3, 0.4) is 0 Å². The maximum atomic E-state index is 12.4. The van der Waals surface area contributed by atoms with E-state index >= 15 is 0 Å². The first-order valence-electron chi connectivity index (χ1n) is 7.29. The van der Waals surface area contributed by atoms with Gasteiger partial charge in [-0.25, -0.2) is 13.1 Å².